The molecule has 0 aliphatic heterocycles. The van der Waals surface area contributed by atoms with E-state index in [4.69, 9.17) is 5.11 Å². The Hall–Kier alpha value is -1.30. The summed E-state index contributed by atoms with van der Waals surface area (Å²) >= 11 is 0. The number of rotatable bonds is 4. The summed E-state index contributed by atoms with van der Waals surface area (Å²) in [6.45, 7) is 0.968. The maximum atomic E-state index is 8.70. The fourth-order valence-corrected chi connectivity index (χ4v) is 1.27. The van der Waals surface area contributed by atoms with E-state index in [0.717, 1.165) is 18.4 Å². The molecule has 0 radical (unpaired) electrons. The number of aryl methyl sites for hydroxylation is 1. The predicted molar refractivity (Wildman–Crippen MR) is 62.7 cm³/mol. The highest BCUT2D eigenvalue weighted by Crippen LogP contribution is 2.05. The number of hydrogen-bond donors (Lipinski definition) is 2. The molecule has 0 heterocycles. The first-order valence-corrected chi connectivity index (χ1v) is 5.20. The van der Waals surface area contributed by atoms with Crippen LogP contribution in [-0.2, 0) is 6.42 Å². The highest BCUT2D eigenvalue weighted by molar-refractivity contribution is 5.36. The molecular formula is C13H17NO. The van der Waals surface area contributed by atoms with Crippen LogP contribution in [0.4, 0.5) is 0 Å². The molecule has 0 aromatic heterocycles. The minimum absolute atomic E-state index is 0.254. The van der Waals surface area contributed by atoms with Crippen LogP contribution in [0.5, 0.6) is 0 Å². The zero-order chi connectivity index (χ0) is 10.9. The first kappa shape index (κ1) is 11.8. The highest BCUT2D eigenvalue weighted by atomic mass is 16.2. The molecule has 0 aliphatic rings. The van der Waals surface area contributed by atoms with Gasteiger partial charge >= 0.3 is 0 Å². The number of nitrogens with one attached hydrogen (secondary N) is 1. The van der Waals surface area contributed by atoms with Gasteiger partial charge in [0.05, 0.1) is 6.54 Å². The van der Waals surface area contributed by atoms with E-state index in [1.54, 1.807) is 0 Å². The van der Waals surface area contributed by atoms with Gasteiger partial charge in [-0.15, -0.1) is 0 Å². The minimum Gasteiger partial charge on any atom is -0.396 e. The van der Waals surface area contributed by atoms with Crippen molar-refractivity contribution in [1.29, 1.82) is 0 Å². The molecule has 1 aromatic rings. The summed E-state index contributed by atoms with van der Waals surface area (Å²) in [6.07, 6.45) is 1.76. The Morgan fingerprint density at radius 2 is 2.00 bits per heavy atom. The molecule has 0 bridgehead atoms. The lowest BCUT2D eigenvalue weighted by Gasteiger charge is -1.98. The van der Waals surface area contributed by atoms with Crippen LogP contribution in [-0.4, -0.2) is 25.3 Å². The summed E-state index contributed by atoms with van der Waals surface area (Å²) in [5.74, 6) is 6.08. The van der Waals surface area contributed by atoms with E-state index < -0.39 is 0 Å². The Kier molecular flexibility index (Phi) is 5.54. The van der Waals surface area contributed by atoms with Gasteiger partial charge in [-0.1, -0.05) is 24.0 Å². The van der Waals surface area contributed by atoms with Gasteiger partial charge in [-0.2, -0.15) is 0 Å². The van der Waals surface area contributed by atoms with Gasteiger partial charge in [0.2, 0.25) is 0 Å². The number of aliphatic hydroxyl groups excluding tert-OH is 1. The average Bonchev–Trinajstić information content (AvgIpc) is 2.28. The van der Waals surface area contributed by atoms with Crippen molar-refractivity contribution < 1.29 is 5.11 Å². The highest BCUT2D eigenvalue weighted by Gasteiger charge is 1.92. The lowest BCUT2D eigenvalue weighted by molar-refractivity contribution is 0.288. The molecule has 0 saturated heterocycles. The molecule has 2 nitrogen and oxygen atoms in total. The summed E-state index contributed by atoms with van der Waals surface area (Å²) in [5.41, 5.74) is 2.29. The molecule has 2 N–H and O–H groups in total. The topological polar surface area (TPSA) is 32.3 Å². The number of hydrogen-bond acceptors (Lipinski definition) is 2. The Bertz CT molecular complexity index is 332. The third kappa shape index (κ3) is 4.64. The quantitative estimate of drug-likeness (QED) is 0.720. The molecule has 0 amide bonds. The van der Waals surface area contributed by atoms with Gasteiger partial charge in [-0.25, -0.2) is 0 Å². The fourth-order valence-electron chi connectivity index (χ4n) is 1.27. The summed E-state index contributed by atoms with van der Waals surface area (Å²) in [4.78, 5) is 0. The fraction of sp³-hybridized carbons (Fsp3) is 0.385. The van der Waals surface area contributed by atoms with Crippen molar-refractivity contribution in [3.63, 3.8) is 0 Å². The van der Waals surface area contributed by atoms with Crippen LogP contribution in [0.3, 0.4) is 0 Å². The summed E-state index contributed by atoms with van der Waals surface area (Å²) in [6, 6.07) is 8.18. The SMILES string of the molecule is CNCC#Cc1ccc(CCCO)cc1. The van der Waals surface area contributed by atoms with E-state index in [9.17, 15) is 0 Å². The average molecular weight is 203 g/mol. The zero-order valence-electron chi connectivity index (χ0n) is 9.09. The second-order valence-electron chi connectivity index (χ2n) is 3.36. The molecule has 0 atom stereocenters. The maximum absolute atomic E-state index is 8.70. The third-order valence-electron chi connectivity index (χ3n) is 2.08. The maximum Gasteiger partial charge on any atom is 0.0577 e. The lowest BCUT2D eigenvalue weighted by Crippen LogP contribution is -2.04. The Morgan fingerprint density at radius 3 is 2.60 bits per heavy atom. The summed E-state index contributed by atoms with van der Waals surface area (Å²) < 4.78 is 0. The Labute approximate surface area is 91.3 Å². The molecule has 1 aromatic carbocycles. The smallest absolute Gasteiger partial charge is 0.0577 e. The second-order valence-corrected chi connectivity index (χ2v) is 3.36. The lowest BCUT2D eigenvalue weighted by atomic mass is 10.1. The molecule has 0 aliphatic carbocycles. The van der Waals surface area contributed by atoms with Crippen LogP contribution in [0, 0.1) is 11.8 Å². The van der Waals surface area contributed by atoms with Crippen molar-refractivity contribution in [3.05, 3.63) is 35.4 Å². The van der Waals surface area contributed by atoms with Crippen molar-refractivity contribution in [3.8, 4) is 11.8 Å². The van der Waals surface area contributed by atoms with Crippen LogP contribution >= 0.6 is 0 Å². The van der Waals surface area contributed by atoms with Gasteiger partial charge in [0, 0.05) is 12.2 Å². The van der Waals surface area contributed by atoms with Gasteiger partial charge in [-0.05, 0) is 37.6 Å². The van der Waals surface area contributed by atoms with E-state index in [1.165, 1.54) is 5.56 Å². The standard InChI is InChI=1S/C13H17NO/c1-14-10-2-4-12-6-8-13(9-7-12)5-3-11-15/h6-9,14-15H,3,5,10-11H2,1H3. The van der Waals surface area contributed by atoms with E-state index in [1.807, 2.05) is 19.2 Å². The van der Waals surface area contributed by atoms with Crippen LogP contribution in [0.25, 0.3) is 0 Å². The molecule has 15 heavy (non-hydrogen) atoms. The zero-order valence-corrected chi connectivity index (χ0v) is 9.09. The minimum atomic E-state index is 0.254. The Morgan fingerprint density at radius 1 is 1.27 bits per heavy atom. The molecule has 80 valence electrons. The van der Waals surface area contributed by atoms with E-state index in [2.05, 4.69) is 29.3 Å². The van der Waals surface area contributed by atoms with Crippen LogP contribution in [0.2, 0.25) is 0 Å². The van der Waals surface area contributed by atoms with Crippen LogP contribution in [0.15, 0.2) is 24.3 Å². The molecule has 0 spiro atoms. The van der Waals surface area contributed by atoms with Gasteiger partial charge < -0.3 is 10.4 Å². The first-order chi connectivity index (χ1) is 7.36. The van der Waals surface area contributed by atoms with Gasteiger partial charge in [-0.3, -0.25) is 0 Å². The van der Waals surface area contributed by atoms with Crippen LogP contribution < -0.4 is 5.32 Å². The van der Waals surface area contributed by atoms with Gasteiger partial charge in [0.1, 0.15) is 0 Å². The van der Waals surface area contributed by atoms with Crippen LogP contribution in [0.1, 0.15) is 17.5 Å². The van der Waals surface area contributed by atoms with Crippen molar-refractivity contribution in [2.24, 2.45) is 0 Å². The monoisotopic (exact) mass is 203 g/mol. The molecule has 1 rings (SSSR count). The third-order valence-corrected chi connectivity index (χ3v) is 2.08. The molecular weight excluding hydrogens is 186 g/mol. The number of benzene rings is 1. The van der Waals surface area contributed by atoms with E-state index in [0.29, 0.717) is 6.54 Å². The Balaban J connectivity index is 2.53. The normalized spacial score (nSPS) is 9.47. The van der Waals surface area contributed by atoms with E-state index >= 15 is 0 Å². The van der Waals surface area contributed by atoms with Gasteiger partial charge in [0.25, 0.3) is 0 Å². The largest absolute Gasteiger partial charge is 0.396 e. The molecule has 2 heteroatoms. The first-order valence-electron chi connectivity index (χ1n) is 5.20. The predicted octanol–water partition coefficient (Wildman–Crippen LogP) is 1.18. The molecule has 0 saturated carbocycles. The van der Waals surface area contributed by atoms with Crippen molar-refractivity contribution in [2.75, 3.05) is 20.2 Å². The van der Waals surface area contributed by atoms with Crippen molar-refractivity contribution >= 4 is 0 Å². The van der Waals surface area contributed by atoms with Gasteiger partial charge in [0.15, 0.2) is 0 Å². The van der Waals surface area contributed by atoms with Crippen molar-refractivity contribution in [1.82, 2.24) is 5.32 Å². The molecule has 0 fully saturated rings. The summed E-state index contributed by atoms with van der Waals surface area (Å²) in [5, 5.41) is 11.7. The van der Waals surface area contributed by atoms with E-state index in [-0.39, 0.29) is 6.61 Å². The van der Waals surface area contributed by atoms with Crippen molar-refractivity contribution in [2.45, 2.75) is 12.8 Å². The summed E-state index contributed by atoms with van der Waals surface area (Å²) in [7, 11) is 1.88. The second kappa shape index (κ2) is 7.05. The molecule has 0 unspecified atom stereocenters. The number of aliphatic hydroxyl groups is 1.